The van der Waals surface area contributed by atoms with E-state index in [9.17, 15) is 9.90 Å². The lowest BCUT2D eigenvalue weighted by molar-refractivity contribution is -0.141. The number of carbonyl (C=O) groups excluding carboxylic acids is 1. The van der Waals surface area contributed by atoms with E-state index in [1.54, 1.807) is 6.08 Å². The Morgan fingerprint density at radius 1 is 1.50 bits per heavy atom. The minimum atomic E-state index is -0.564. The van der Waals surface area contributed by atoms with E-state index in [4.69, 9.17) is 4.74 Å². The zero-order valence-electron chi connectivity index (χ0n) is 10.6. The number of hydrogen-bond donors (Lipinski definition) is 1. The van der Waals surface area contributed by atoms with Crippen LogP contribution in [0, 0.1) is 17.3 Å². The van der Waals surface area contributed by atoms with E-state index >= 15 is 0 Å². The molecule has 96 valence electrons. The maximum atomic E-state index is 11.6. The number of aliphatic hydroxyl groups is 1. The molecule has 1 saturated carbocycles. The normalized spacial score (nSPS) is 46.7. The van der Waals surface area contributed by atoms with E-state index in [0.29, 0.717) is 5.57 Å². The molecule has 3 heteroatoms. The molecule has 0 aromatic carbocycles. The summed E-state index contributed by atoms with van der Waals surface area (Å²) in [4.78, 5) is 11.6. The van der Waals surface area contributed by atoms with Gasteiger partial charge in [0.2, 0.25) is 0 Å². The van der Waals surface area contributed by atoms with Crippen LogP contribution in [0.3, 0.4) is 0 Å². The molecule has 3 aliphatic rings. The van der Waals surface area contributed by atoms with Crippen LogP contribution in [0.2, 0.25) is 0 Å². The molecule has 1 N–H and O–H groups in total. The van der Waals surface area contributed by atoms with E-state index in [2.05, 4.69) is 26.2 Å². The molecule has 5 atom stereocenters. The molecule has 0 bridgehead atoms. The van der Waals surface area contributed by atoms with Gasteiger partial charge < -0.3 is 9.84 Å². The average molecular weight is 246 g/mol. The van der Waals surface area contributed by atoms with E-state index < -0.39 is 6.10 Å². The predicted octanol–water partition coefficient (Wildman–Crippen LogP) is 1.99. The van der Waals surface area contributed by atoms with Crippen molar-refractivity contribution in [3.05, 3.63) is 36.5 Å². The van der Waals surface area contributed by atoms with Crippen LogP contribution in [0.15, 0.2) is 36.5 Å². The fourth-order valence-corrected chi connectivity index (χ4v) is 3.65. The molecule has 0 spiro atoms. The Morgan fingerprint density at radius 3 is 2.94 bits per heavy atom. The minimum absolute atomic E-state index is 0.0565. The standard InChI is InChI=1S/C15H18O3/c1-8-10-6-11-9(2)12(16)4-5-15(11,3)7-13(10)18-14(8)17/h4-5,10-13,16H,1-2,6-7H2,3H3/t10?,11?,12-,13+,15+/m0/s1. The van der Waals surface area contributed by atoms with E-state index in [0.717, 1.165) is 18.4 Å². The Bertz CT molecular complexity index is 476. The third-order valence-corrected chi connectivity index (χ3v) is 4.83. The summed E-state index contributed by atoms with van der Waals surface area (Å²) in [6.45, 7) is 10.0. The summed E-state index contributed by atoms with van der Waals surface area (Å²) in [5.41, 5.74) is 1.37. The lowest BCUT2D eigenvalue weighted by Crippen LogP contribution is -2.44. The van der Waals surface area contributed by atoms with Gasteiger partial charge in [-0.05, 0) is 29.7 Å². The molecule has 2 unspecified atom stereocenters. The van der Waals surface area contributed by atoms with Crippen molar-refractivity contribution in [2.24, 2.45) is 17.3 Å². The Balaban J connectivity index is 1.96. The number of rotatable bonds is 0. The molecule has 2 fully saturated rings. The van der Waals surface area contributed by atoms with Crippen molar-refractivity contribution in [1.82, 2.24) is 0 Å². The van der Waals surface area contributed by atoms with Gasteiger partial charge in [-0.1, -0.05) is 32.2 Å². The molecule has 3 nitrogen and oxygen atoms in total. The quantitative estimate of drug-likeness (QED) is 0.404. The van der Waals surface area contributed by atoms with Gasteiger partial charge in [0.05, 0.1) is 6.10 Å². The van der Waals surface area contributed by atoms with Gasteiger partial charge in [0.1, 0.15) is 6.10 Å². The fourth-order valence-electron chi connectivity index (χ4n) is 3.65. The molecule has 3 rings (SSSR count). The van der Waals surface area contributed by atoms with Gasteiger partial charge in [0, 0.05) is 11.5 Å². The zero-order valence-corrected chi connectivity index (χ0v) is 10.6. The Morgan fingerprint density at radius 2 is 2.22 bits per heavy atom. The summed E-state index contributed by atoms with van der Waals surface area (Å²) in [6.07, 6.45) is 4.82. The summed E-state index contributed by atoms with van der Waals surface area (Å²) in [5.74, 6) is 0.0263. The monoisotopic (exact) mass is 246 g/mol. The summed E-state index contributed by atoms with van der Waals surface area (Å²) >= 11 is 0. The number of esters is 1. The predicted molar refractivity (Wildman–Crippen MR) is 67.6 cm³/mol. The first kappa shape index (κ1) is 11.7. The van der Waals surface area contributed by atoms with Crippen LogP contribution in [0.25, 0.3) is 0 Å². The SMILES string of the molecule is C=C1C(=O)O[C@@H]2C[C@@]3(C)C=C[C@H](O)C(=C)C3CC12. The minimum Gasteiger partial charge on any atom is -0.458 e. The molecule has 2 aliphatic carbocycles. The second-order valence-electron chi connectivity index (χ2n) is 5.95. The molecule has 0 radical (unpaired) electrons. The van der Waals surface area contributed by atoms with Crippen molar-refractivity contribution in [1.29, 1.82) is 0 Å². The van der Waals surface area contributed by atoms with Gasteiger partial charge in [0.25, 0.3) is 0 Å². The van der Waals surface area contributed by atoms with Crippen LogP contribution in [0.5, 0.6) is 0 Å². The van der Waals surface area contributed by atoms with Crippen molar-refractivity contribution in [2.45, 2.75) is 32.0 Å². The highest BCUT2D eigenvalue weighted by Gasteiger charge is 2.52. The molecule has 0 aromatic rings. The summed E-state index contributed by atoms with van der Waals surface area (Å²) in [7, 11) is 0. The van der Waals surface area contributed by atoms with Gasteiger partial charge in [-0.2, -0.15) is 0 Å². The van der Waals surface area contributed by atoms with Crippen LogP contribution in [0.1, 0.15) is 19.8 Å². The van der Waals surface area contributed by atoms with Crippen molar-refractivity contribution in [3.8, 4) is 0 Å². The number of fused-ring (bicyclic) bond motifs is 2. The zero-order chi connectivity index (χ0) is 13.1. The Labute approximate surface area is 107 Å². The van der Waals surface area contributed by atoms with Crippen molar-refractivity contribution >= 4 is 5.97 Å². The van der Waals surface area contributed by atoms with Crippen LogP contribution in [0.4, 0.5) is 0 Å². The average Bonchev–Trinajstić information content (AvgIpc) is 2.58. The highest BCUT2D eigenvalue weighted by molar-refractivity contribution is 5.90. The highest BCUT2D eigenvalue weighted by Crippen LogP contribution is 2.54. The van der Waals surface area contributed by atoms with Crippen LogP contribution in [-0.2, 0) is 9.53 Å². The van der Waals surface area contributed by atoms with Gasteiger partial charge in [0.15, 0.2) is 0 Å². The lowest BCUT2D eigenvalue weighted by atomic mass is 9.58. The Kier molecular flexibility index (Phi) is 2.33. The summed E-state index contributed by atoms with van der Waals surface area (Å²) < 4.78 is 5.39. The van der Waals surface area contributed by atoms with Crippen LogP contribution >= 0.6 is 0 Å². The first-order chi connectivity index (χ1) is 8.42. The molecular formula is C15H18O3. The third-order valence-electron chi connectivity index (χ3n) is 4.83. The number of aliphatic hydroxyl groups excluding tert-OH is 1. The van der Waals surface area contributed by atoms with Crippen LogP contribution in [-0.4, -0.2) is 23.3 Å². The first-order valence-corrected chi connectivity index (χ1v) is 6.38. The second kappa shape index (κ2) is 3.58. The van der Waals surface area contributed by atoms with Crippen molar-refractivity contribution in [3.63, 3.8) is 0 Å². The Hall–Kier alpha value is -1.35. The van der Waals surface area contributed by atoms with Gasteiger partial charge in [-0.25, -0.2) is 4.79 Å². The maximum Gasteiger partial charge on any atom is 0.334 e. The number of hydrogen-bond acceptors (Lipinski definition) is 3. The van der Waals surface area contributed by atoms with Crippen molar-refractivity contribution in [2.75, 3.05) is 0 Å². The van der Waals surface area contributed by atoms with Gasteiger partial charge in [-0.3, -0.25) is 0 Å². The fraction of sp³-hybridized carbons (Fsp3) is 0.533. The molecule has 0 aromatic heterocycles. The molecule has 1 aliphatic heterocycles. The number of ether oxygens (including phenoxy) is 1. The van der Waals surface area contributed by atoms with E-state index in [1.807, 2.05) is 0 Å². The number of allylic oxidation sites excluding steroid dienone is 1. The number of carbonyl (C=O) groups is 1. The summed E-state index contributed by atoms with van der Waals surface area (Å²) in [5, 5.41) is 9.88. The maximum absolute atomic E-state index is 11.6. The summed E-state index contributed by atoms with van der Waals surface area (Å²) in [6, 6.07) is 0. The smallest absolute Gasteiger partial charge is 0.334 e. The molecule has 1 saturated heterocycles. The lowest BCUT2D eigenvalue weighted by Gasteiger charge is -2.47. The first-order valence-electron chi connectivity index (χ1n) is 6.38. The van der Waals surface area contributed by atoms with E-state index in [-0.39, 0.29) is 29.3 Å². The van der Waals surface area contributed by atoms with E-state index in [1.165, 1.54) is 0 Å². The van der Waals surface area contributed by atoms with Crippen LogP contribution < -0.4 is 0 Å². The topological polar surface area (TPSA) is 46.5 Å². The molecule has 18 heavy (non-hydrogen) atoms. The largest absolute Gasteiger partial charge is 0.458 e. The van der Waals surface area contributed by atoms with Crippen molar-refractivity contribution < 1.29 is 14.6 Å². The molecule has 0 amide bonds. The second-order valence-corrected chi connectivity index (χ2v) is 5.95. The third kappa shape index (κ3) is 1.43. The molecule has 1 heterocycles. The van der Waals surface area contributed by atoms with Gasteiger partial charge in [-0.15, -0.1) is 0 Å². The van der Waals surface area contributed by atoms with Gasteiger partial charge >= 0.3 is 5.97 Å². The highest BCUT2D eigenvalue weighted by atomic mass is 16.6. The molecular weight excluding hydrogens is 228 g/mol.